The van der Waals surface area contributed by atoms with Crippen molar-refractivity contribution in [3.63, 3.8) is 0 Å². The number of carbonyl (C=O) groups is 1. The number of nitrogens with one attached hydrogen (secondary N) is 1. The highest BCUT2D eigenvalue weighted by atomic mass is 16.5. The Morgan fingerprint density at radius 2 is 2.05 bits per heavy atom. The minimum atomic E-state index is -0.744. The number of ether oxygens (including phenoxy) is 2. The molecule has 1 aromatic rings. The molecule has 0 aromatic heterocycles. The van der Waals surface area contributed by atoms with Crippen molar-refractivity contribution >= 4 is 5.97 Å². The van der Waals surface area contributed by atoms with Crippen molar-refractivity contribution in [2.24, 2.45) is 0 Å². The third kappa shape index (κ3) is 3.73. The average molecular weight is 279 g/mol. The molecule has 112 valence electrons. The Morgan fingerprint density at radius 3 is 2.60 bits per heavy atom. The predicted octanol–water partition coefficient (Wildman–Crippen LogP) is 2.61. The largest absolute Gasteiger partial charge is 0.490 e. The van der Waals surface area contributed by atoms with E-state index in [0.717, 1.165) is 11.3 Å². The number of aryl methyl sites for hydroxylation is 1. The summed E-state index contributed by atoms with van der Waals surface area (Å²) in [5.74, 6) is 0.581. The summed E-state index contributed by atoms with van der Waals surface area (Å²) in [6.45, 7) is 7.87. The highest BCUT2D eigenvalue weighted by molar-refractivity contribution is 5.80. The Kier molecular flexibility index (Phi) is 5.57. The lowest BCUT2D eigenvalue weighted by Crippen LogP contribution is -2.50. The molecule has 1 rings (SSSR count). The first-order valence-corrected chi connectivity index (χ1v) is 6.84. The van der Waals surface area contributed by atoms with Crippen LogP contribution in [0.15, 0.2) is 18.2 Å². The molecule has 0 aliphatic carbocycles. The molecule has 2 atom stereocenters. The van der Waals surface area contributed by atoms with Crippen molar-refractivity contribution in [1.82, 2.24) is 5.32 Å². The maximum Gasteiger partial charge on any atom is 0.325 e. The van der Waals surface area contributed by atoms with Crippen molar-refractivity contribution in [3.8, 4) is 5.75 Å². The Labute approximate surface area is 121 Å². The van der Waals surface area contributed by atoms with E-state index >= 15 is 0 Å². The summed E-state index contributed by atoms with van der Waals surface area (Å²) in [4.78, 5) is 11.8. The van der Waals surface area contributed by atoms with Gasteiger partial charge < -0.3 is 14.8 Å². The molecule has 0 fully saturated rings. The molecule has 0 amide bonds. The zero-order valence-electron chi connectivity index (χ0n) is 13.2. The molecule has 20 heavy (non-hydrogen) atoms. The van der Waals surface area contributed by atoms with Crippen LogP contribution in [0, 0.1) is 13.8 Å². The molecule has 0 aliphatic heterocycles. The third-order valence-corrected chi connectivity index (χ3v) is 3.77. The molecule has 0 heterocycles. The van der Waals surface area contributed by atoms with Crippen molar-refractivity contribution in [3.05, 3.63) is 29.3 Å². The molecule has 1 N–H and O–H groups in total. The molecule has 2 unspecified atom stereocenters. The van der Waals surface area contributed by atoms with Gasteiger partial charge in [0.15, 0.2) is 0 Å². The monoisotopic (exact) mass is 279 g/mol. The van der Waals surface area contributed by atoms with E-state index in [0.29, 0.717) is 6.42 Å². The second kappa shape index (κ2) is 6.75. The van der Waals surface area contributed by atoms with Crippen LogP contribution in [-0.4, -0.2) is 31.8 Å². The summed E-state index contributed by atoms with van der Waals surface area (Å²) in [5, 5.41) is 3.02. The van der Waals surface area contributed by atoms with Gasteiger partial charge in [-0.2, -0.15) is 0 Å². The molecule has 4 heteroatoms. The van der Waals surface area contributed by atoms with E-state index in [2.05, 4.69) is 18.3 Å². The zero-order chi connectivity index (χ0) is 15.3. The average Bonchev–Trinajstić information content (AvgIpc) is 2.42. The Balaban J connectivity index is 2.79. The van der Waals surface area contributed by atoms with Crippen LogP contribution < -0.4 is 10.1 Å². The molecule has 0 saturated carbocycles. The Morgan fingerprint density at radius 1 is 1.40 bits per heavy atom. The van der Waals surface area contributed by atoms with Gasteiger partial charge in [0.25, 0.3) is 0 Å². The maximum absolute atomic E-state index is 11.8. The van der Waals surface area contributed by atoms with E-state index in [1.165, 1.54) is 12.7 Å². The van der Waals surface area contributed by atoms with E-state index in [1.54, 1.807) is 7.05 Å². The van der Waals surface area contributed by atoms with Crippen molar-refractivity contribution in [2.75, 3.05) is 14.2 Å². The number of hydrogen-bond acceptors (Lipinski definition) is 4. The molecular formula is C16H25NO3. The minimum absolute atomic E-state index is 0.105. The third-order valence-electron chi connectivity index (χ3n) is 3.77. The van der Waals surface area contributed by atoms with Gasteiger partial charge in [0.05, 0.1) is 13.2 Å². The molecule has 0 spiro atoms. The van der Waals surface area contributed by atoms with E-state index < -0.39 is 5.54 Å². The number of hydrogen-bond donors (Lipinski definition) is 1. The number of methoxy groups -OCH3 is 1. The van der Waals surface area contributed by atoms with Gasteiger partial charge in [0.2, 0.25) is 0 Å². The smallest absolute Gasteiger partial charge is 0.325 e. The molecule has 4 nitrogen and oxygen atoms in total. The molecule has 1 aromatic carbocycles. The van der Waals surface area contributed by atoms with Gasteiger partial charge in [-0.15, -0.1) is 0 Å². The topological polar surface area (TPSA) is 47.6 Å². The minimum Gasteiger partial charge on any atom is -0.490 e. The van der Waals surface area contributed by atoms with Crippen LogP contribution in [0.1, 0.15) is 31.4 Å². The van der Waals surface area contributed by atoms with E-state index in [9.17, 15) is 4.79 Å². The van der Waals surface area contributed by atoms with Crippen LogP contribution >= 0.6 is 0 Å². The van der Waals surface area contributed by atoms with Gasteiger partial charge in [0, 0.05) is 6.42 Å². The van der Waals surface area contributed by atoms with Crippen LogP contribution in [0.25, 0.3) is 0 Å². The van der Waals surface area contributed by atoms with Crippen LogP contribution in [0.4, 0.5) is 0 Å². The normalized spacial score (nSPS) is 15.3. The van der Waals surface area contributed by atoms with Crippen LogP contribution in [0.3, 0.4) is 0 Å². The first kappa shape index (κ1) is 16.5. The van der Waals surface area contributed by atoms with Crippen molar-refractivity contribution < 1.29 is 14.3 Å². The van der Waals surface area contributed by atoms with E-state index in [4.69, 9.17) is 9.47 Å². The number of esters is 1. The molecule has 0 radical (unpaired) electrons. The summed E-state index contributed by atoms with van der Waals surface area (Å²) in [7, 11) is 3.15. The Bertz CT molecular complexity index is 473. The standard InChI is InChI=1S/C16H25NO3/c1-11-8-7-9-14(13(11)3)20-12(2)10-16(4,17-5)15(18)19-6/h7-9,12,17H,10H2,1-6H3. The van der Waals surface area contributed by atoms with Crippen molar-refractivity contribution in [2.45, 2.75) is 45.8 Å². The van der Waals surface area contributed by atoms with Gasteiger partial charge in [-0.05, 0) is 51.9 Å². The fourth-order valence-electron chi connectivity index (χ4n) is 2.20. The fraction of sp³-hybridized carbons (Fsp3) is 0.562. The van der Waals surface area contributed by atoms with E-state index in [1.807, 2.05) is 32.9 Å². The fourth-order valence-corrected chi connectivity index (χ4v) is 2.20. The molecule has 0 bridgehead atoms. The summed E-state index contributed by atoms with van der Waals surface area (Å²) >= 11 is 0. The lowest BCUT2D eigenvalue weighted by atomic mass is 9.95. The zero-order valence-corrected chi connectivity index (χ0v) is 13.2. The predicted molar refractivity (Wildman–Crippen MR) is 80.1 cm³/mol. The maximum atomic E-state index is 11.8. The molecule has 0 saturated heterocycles. The molecule has 0 aliphatic rings. The highest BCUT2D eigenvalue weighted by Crippen LogP contribution is 2.24. The molecular weight excluding hydrogens is 254 g/mol. The Hall–Kier alpha value is -1.55. The SMILES string of the molecule is CNC(C)(CC(C)Oc1cccc(C)c1C)C(=O)OC. The number of rotatable bonds is 6. The lowest BCUT2D eigenvalue weighted by Gasteiger charge is -2.29. The summed E-state index contributed by atoms with van der Waals surface area (Å²) in [6.07, 6.45) is 0.427. The van der Waals surface area contributed by atoms with Crippen molar-refractivity contribution in [1.29, 1.82) is 0 Å². The summed E-state index contributed by atoms with van der Waals surface area (Å²) < 4.78 is 10.8. The van der Waals surface area contributed by atoms with Crippen LogP contribution in [0.2, 0.25) is 0 Å². The van der Waals surface area contributed by atoms with Gasteiger partial charge in [-0.25, -0.2) is 0 Å². The van der Waals surface area contributed by atoms with E-state index in [-0.39, 0.29) is 12.1 Å². The quantitative estimate of drug-likeness (QED) is 0.813. The second-order valence-corrected chi connectivity index (χ2v) is 5.40. The number of benzene rings is 1. The first-order valence-electron chi connectivity index (χ1n) is 6.84. The summed E-state index contributed by atoms with van der Waals surface area (Å²) in [6, 6.07) is 5.98. The van der Waals surface area contributed by atoms with Gasteiger partial charge in [-0.3, -0.25) is 4.79 Å². The summed E-state index contributed by atoms with van der Waals surface area (Å²) in [5.41, 5.74) is 1.58. The lowest BCUT2D eigenvalue weighted by molar-refractivity contribution is -0.148. The van der Waals surface area contributed by atoms with Crippen LogP contribution in [0.5, 0.6) is 5.75 Å². The highest BCUT2D eigenvalue weighted by Gasteiger charge is 2.34. The van der Waals surface area contributed by atoms with Gasteiger partial charge in [0.1, 0.15) is 11.3 Å². The van der Waals surface area contributed by atoms with Gasteiger partial charge >= 0.3 is 5.97 Å². The second-order valence-electron chi connectivity index (χ2n) is 5.40. The van der Waals surface area contributed by atoms with Gasteiger partial charge in [-0.1, -0.05) is 12.1 Å². The van der Waals surface area contributed by atoms with Crippen LogP contribution in [-0.2, 0) is 9.53 Å². The first-order chi connectivity index (χ1) is 9.34. The number of likely N-dealkylation sites (N-methyl/N-ethyl adjacent to an activating group) is 1. The number of carbonyl (C=O) groups excluding carboxylic acids is 1.